The van der Waals surface area contributed by atoms with Crippen molar-refractivity contribution in [3.05, 3.63) is 17.0 Å². The van der Waals surface area contributed by atoms with Gasteiger partial charge in [-0.25, -0.2) is 0 Å². The highest BCUT2D eigenvalue weighted by Gasteiger charge is 2.25. The largest absolute Gasteiger partial charge is 0.394 e. The summed E-state index contributed by atoms with van der Waals surface area (Å²) in [5, 5.41) is 19.2. The normalized spacial score (nSPS) is 17.3. The maximum absolute atomic E-state index is 12.2. The molecule has 1 aliphatic rings. The van der Waals surface area contributed by atoms with Crippen molar-refractivity contribution in [3.63, 3.8) is 0 Å². The zero-order valence-corrected chi connectivity index (χ0v) is 11.0. The zero-order chi connectivity index (χ0) is 13.1. The van der Waals surface area contributed by atoms with Gasteiger partial charge in [-0.3, -0.25) is 9.89 Å². The first-order valence-corrected chi connectivity index (χ1v) is 6.65. The first-order chi connectivity index (χ1) is 8.67. The molecule has 0 fully saturated rings. The minimum Gasteiger partial charge on any atom is -0.394 e. The Hall–Kier alpha value is -1.36. The second-order valence-electron chi connectivity index (χ2n) is 5.03. The van der Waals surface area contributed by atoms with Crippen molar-refractivity contribution in [2.75, 3.05) is 6.61 Å². The third-order valence-corrected chi connectivity index (χ3v) is 3.87. The van der Waals surface area contributed by atoms with E-state index in [4.69, 9.17) is 0 Å². The minimum absolute atomic E-state index is 0.0344. The number of carbonyl (C=O) groups is 1. The summed E-state index contributed by atoms with van der Waals surface area (Å²) in [6.07, 6.45) is 3.90. The second kappa shape index (κ2) is 5.52. The van der Waals surface area contributed by atoms with E-state index in [9.17, 15) is 9.90 Å². The number of fused-ring (bicyclic) bond motifs is 1. The monoisotopic (exact) mass is 251 g/mol. The molecule has 0 aromatic carbocycles. The molecular weight excluding hydrogens is 230 g/mol. The van der Waals surface area contributed by atoms with Crippen LogP contribution < -0.4 is 5.32 Å². The summed E-state index contributed by atoms with van der Waals surface area (Å²) in [4.78, 5) is 12.2. The molecule has 5 nitrogen and oxygen atoms in total. The third-order valence-electron chi connectivity index (χ3n) is 3.87. The molecule has 0 bridgehead atoms. The van der Waals surface area contributed by atoms with E-state index in [1.165, 1.54) is 0 Å². The van der Waals surface area contributed by atoms with Crippen molar-refractivity contribution in [2.24, 2.45) is 5.92 Å². The number of H-pyrrole nitrogens is 1. The first kappa shape index (κ1) is 13.1. The van der Waals surface area contributed by atoms with Crippen LogP contribution in [-0.2, 0) is 12.8 Å². The van der Waals surface area contributed by atoms with Gasteiger partial charge in [-0.1, -0.05) is 20.3 Å². The number of hydrogen-bond donors (Lipinski definition) is 3. The average Bonchev–Trinajstić information content (AvgIpc) is 2.96. The standard InChI is InChI=1S/C13H21N3O2/c1-3-8(2)11(7-17)14-13(18)12-9-5-4-6-10(9)15-16-12/h8,11,17H,3-7H2,1-2H3,(H,14,18)(H,15,16)/t8-,11-/m0/s1. The van der Waals surface area contributed by atoms with E-state index < -0.39 is 0 Å². The van der Waals surface area contributed by atoms with Crippen molar-refractivity contribution >= 4 is 5.91 Å². The van der Waals surface area contributed by atoms with Gasteiger partial charge >= 0.3 is 0 Å². The number of aromatic amines is 1. The Morgan fingerprint density at radius 3 is 3.00 bits per heavy atom. The van der Waals surface area contributed by atoms with Gasteiger partial charge in [0.25, 0.3) is 5.91 Å². The van der Waals surface area contributed by atoms with Crippen molar-refractivity contribution in [2.45, 2.75) is 45.6 Å². The van der Waals surface area contributed by atoms with Crippen LogP contribution in [-0.4, -0.2) is 33.9 Å². The molecule has 1 heterocycles. The van der Waals surface area contributed by atoms with Crippen molar-refractivity contribution in [1.82, 2.24) is 15.5 Å². The van der Waals surface area contributed by atoms with E-state index in [1.54, 1.807) is 0 Å². The van der Waals surface area contributed by atoms with Crippen LogP contribution in [0.4, 0.5) is 0 Å². The van der Waals surface area contributed by atoms with Crippen molar-refractivity contribution in [1.29, 1.82) is 0 Å². The number of nitrogens with zero attached hydrogens (tertiary/aromatic N) is 1. The summed E-state index contributed by atoms with van der Waals surface area (Å²) in [5.41, 5.74) is 2.64. The highest BCUT2D eigenvalue weighted by atomic mass is 16.3. The Labute approximate surface area is 107 Å². The molecule has 1 aromatic heterocycles. The van der Waals surface area contributed by atoms with Gasteiger partial charge in [0.2, 0.25) is 0 Å². The summed E-state index contributed by atoms with van der Waals surface area (Å²) in [5.74, 6) is 0.0830. The molecule has 0 spiro atoms. The molecular formula is C13H21N3O2. The summed E-state index contributed by atoms with van der Waals surface area (Å²) in [6, 6.07) is -0.198. The maximum atomic E-state index is 12.2. The highest BCUT2D eigenvalue weighted by molar-refractivity contribution is 5.94. The van der Waals surface area contributed by atoms with Crippen LogP contribution in [0, 0.1) is 5.92 Å². The average molecular weight is 251 g/mol. The number of rotatable bonds is 5. The van der Waals surface area contributed by atoms with Gasteiger partial charge in [0.15, 0.2) is 5.69 Å². The fourth-order valence-corrected chi connectivity index (χ4v) is 2.40. The van der Waals surface area contributed by atoms with E-state index in [-0.39, 0.29) is 24.5 Å². The molecule has 5 heteroatoms. The SMILES string of the molecule is CC[C@H](C)[C@H](CO)NC(=O)c1n[nH]c2c1CCC2. The van der Waals surface area contributed by atoms with Crippen LogP contribution in [0.2, 0.25) is 0 Å². The van der Waals surface area contributed by atoms with Gasteiger partial charge in [-0.05, 0) is 25.2 Å². The molecule has 0 saturated heterocycles. The quantitative estimate of drug-likeness (QED) is 0.731. The number of aliphatic hydroxyl groups excluding tert-OH is 1. The van der Waals surface area contributed by atoms with Crippen LogP contribution >= 0.6 is 0 Å². The lowest BCUT2D eigenvalue weighted by Gasteiger charge is -2.21. The molecule has 0 saturated carbocycles. The van der Waals surface area contributed by atoms with Gasteiger partial charge in [0, 0.05) is 11.3 Å². The predicted octanol–water partition coefficient (Wildman–Crippen LogP) is 1.04. The Morgan fingerprint density at radius 1 is 1.56 bits per heavy atom. The van der Waals surface area contributed by atoms with E-state index in [2.05, 4.69) is 15.5 Å². The fraction of sp³-hybridized carbons (Fsp3) is 0.692. The minimum atomic E-state index is -0.198. The van der Waals surface area contributed by atoms with Gasteiger partial charge in [0.1, 0.15) is 0 Å². The number of nitrogens with one attached hydrogen (secondary N) is 2. The van der Waals surface area contributed by atoms with Crippen LogP contribution in [0.15, 0.2) is 0 Å². The summed E-state index contributed by atoms with van der Waals surface area (Å²) in [7, 11) is 0. The van der Waals surface area contributed by atoms with Crippen LogP contribution in [0.1, 0.15) is 48.4 Å². The van der Waals surface area contributed by atoms with E-state index in [0.29, 0.717) is 5.69 Å². The molecule has 1 aliphatic carbocycles. The fourth-order valence-electron chi connectivity index (χ4n) is 2.40. The van der Waals surface area contributed by atoms with Crippen molar-refractivity contribution in [3.8, 4) is 0 Å². The van der Waals surface area contributed by atoms with Gasteiger partial charge in [0.05, 0.1) is 12.6 Å². The molecule has 2 atom stereocenters. The molecule has 18 heavy (non-hydrogen) atoms. The molecule has 3 N–H and O–H groups in total. The number of hydrogen-bond acceptors (Lipinski definition) is 3. The molecule has 1 aromatic rings. The van der Waals surface area contributed by atoms with Crippen LogP contribution in [0.3, 0.4) is 0 Å². The topological polar surface area (TPSA) is 78.0 Å². The van der Waals surface area contributed by atoms with Gasteiger partial charge in [-0.2, -0.15) is 5.10 Å². The molecule has 1 amide bonds. The number of aliphatic hydroxyl groups is 1. The Kier molecular flexibility index (Phi) is 4.01. The maximum Gasteiger partial charge on any atom is 0.272 e. The molecule has 0 unspecified atom stereocenters. The highest BCUT2D eigenvalue weighted by Crippen LogP contribution is 2.22. The molecule has 100 valence electrons. The van der Waals surface area contributed by atoms with Gasteiger partial charge < -0.3 is 10.4 Å². The Morgan fingerprint density at radius 2 is 2.33 bits per heavy atom. The first-order valence-electron chi connectivity index (χ1n) is 6.65. The van der Waals surface area contributed by atoms with Gasteiger partial charge in [-0.15, -0.1) is 0 Å². The second-order valence-corrected chi connectivity index (χ2v) is 5.03. The number of amides is 1. The lowest BCUT2D eigenvalue weighted by Crippen LogP contribution is -2.42. The number of aromatic nitrogens is 2. The smallest absolute Gasteiger partial charge is 0.272 e. The summed E-state index contributed by atoms with van der Waals surface area (Å²) < 4.78 is 0. The lowest BCUT2D eigenvalue weighted by molar-refractivity contribution is 0.0885. The predicted molar refractivity (Wildman–Crippen MR) is 68.4 cm³/mol. The Balaban J connectivity index is 2.07. The van der Waals surface area contributed by atoms with Crippen molar-refractivity contribution < 1.29 is 9.90 Å². The zero-order valence-electron chi connectivity index (χ0n) is 11.0. The molecule has 2 rings (SSSR count). The summed E-state index contributed by atoms with van der Waals surface area (Å²) in [6.45, 7) is 4.04. The van der Waals surface area contributed by atoms with Crippen LogP contribution in [0.25, 0.3) is 0 Å². The Bertz CT molecular complexity index is 428. The van der Waals surface area contributed by atoms with E-state index >= 15 is 0 Å². The van der Waals surface area contributed by atoms with E-state index in [0.717, 1.165) is 36.9 Å². The van der Waals surface area contributed by atoms with E-state index in [1.807, 2.05) is 13.8 Å². The molecule has 0 radical (unpaired) electrons. The lowest BCUT2D eigenvalue weighted by atomic mass is 9.99. The summed E-state index contributed by atoms with van der Waals surface area (Å²) >= 11 is 0. The number of carbonyl (C=O) groups excluding carboxylic acids is 1. The van der Waals surface area contributed by atoms with Crippen LogP contribution in [0.5, 0.6) is 0 Å². The number of aryl methyl sites for hydroxylation is 1. The molecule has 0 aliphatic heterocycles. The third kappa shape index (κ3) is 2.41.